The first kappa shape index (κ1) is 12.7. The van der Waals surface area contributed by atoms with Crippen molar-refractivity contribution in [2.45, 2.75) is 6.54 Å². The van der Waals surface area contributed by atoms with Gasteiger partial charge in [-0.2, -0.15) is 4.80 Å². The first-order valence-electron chi connectivity index (χ1n) is 5.49. The van der Waals surface area contributed by atoms with E-state index in [0.717, 1.165) is 17.4 Å². The summed E-state index contributed by atoms with van der Waals surface area (Å²) in [6.45, 7) is 0.456. The number of methoxy groups -OCH3 is 1. The third-order valence-corrected chi connectivity index (χ3v) is 2.33. The van der Waals surface area contributed by atoms with Crippen LogP contribution < -0.4 is 4.74 Å². The van der Waals surface area contributed by atoms with Gasteiger partial charge in [-0.15, -0.1) is 10.2 Å². The minimum Gasteiger partial charge on any atom is -0.497 e. The first-order chi connectivity index (χ1) is 9.17. The molecule has 2 aromatic rings. The topological polar surface area (TPSA) is 90.1 Å². The summed E-state index contributed by atoms with van der Waals surface area (Å²) in [4.78, 5) is 11.7. The van der Waals surface area contributed by atoms with Crippen molar-refractivity contribution in [1.82, 2.24) is 20.2 Å². The van der Waals surface area contributed by atoms with Crippen LogP contribution in [0.15, 0.2) is 30.3 Å². The van der Waals surface area contributed by atoms with Crippen molar-refractivity contribution in [2.75, 3.05) is 7.11 Å². The molecule has 7 heteroatoms. The standard InChI is InChI=1S/C12H12N4O3/c1-19-10-4-2-9(3-5-10)8-16-14-11(13-15-16)6-7-12(17)18/h2-7H,8H2,1H3,(H,17,18)/b7-6+. The summed E-state index contributed by atoms with van der Waals surface area (Å²) in [6, 6.07) is 7.49. The van der Waals surface area contributed by atoms with Crippen molar-refractivity contribution in [3.05, 3.63) is 41.7 Å². The number of hydrogen-bond acceptors (Lipinski definition) is 5. The van der Waals surface area contributed by atoms with Gasteiger partial charge in [0, 0.05) is 6.08 Å². The fourth-order valence-corrected chi connectivity index (χ4v) is 1.43. The Morgan fingerprint density at radius 2 is 2.16 bits per heavy atom. The molecule has 1 N–H and O–H groups in total. The summed E-state index contributed by atoms with van der Waals surface area (Å²) >= 11 is 0. The van der Waals surface area contributed by atoms with Crippen LogP contribution in [-0.4, -0.2) is 38.4 Å². The van der Waals surface area contributed by atoms with Crippen molar-refractivity contribution in [2.24, 2.45) is 0 Å². The fraction of sp³-hybridized carbons (Fsp3) is 0.167. The highest BCUT2D eigenvalue weighted by Gasteiger charge is 2.01. The average molecular weight is 260 g/mol. The first-order valence-corrected chi connectivity index (χ1v) is 5.49. The highest BCUT2D eigenvalue weighted by molar-refractivity contribution is 5.84. The van der Waals surface area contributed by atoms with Gasteiger partial charge >= 0.3 is 5.97 Å². The van der Waals surface area contributed by atoms with Crippen molar-refractivity contribution >= 4 is 12.0 Å². The zero-order chi connectivity index (χ0) is 13.7. The second-order valence-electron chi connectivity index (χ2n) is 3.70. The van der Waals surface area contributed by atoms with Crippen LogP contribution in [0.4, 0.5) is 0 Å². The molecule has 0 aliphatic rings. The lowest BCUT2D eigenvalue weighted by Gasteiger charge is -2.01. The maximum atomic E-state index is 10.3. The van der Waals surface area contributed by atoms with Gasteiger partial charge in [0.2, 0.25) is 0 Å². The number of hydrogen-bond donors (Lipinski definition) is 1. The van der Waals surface area contributed by atoms with Gasteiger partial charge in [-0.3, -0.25) is 0 Å². The Balaban J connectivity index is 2.04. The SMILES string of the molecule is COc1ccc(Cn2nnc(/C=C/C(=O)O)n2)cc1. The number of aromatic nitrogens is 4. The van der Waals surface area contributed by atoms with E-state index in [-0.39, 0.29) is 5.82 Å². The van der Waals surface area contributed by atoms with Crippen LogP contribution in [0.1, 0.15) is 11.4 Å². The van der Waals surface area contributed by atoms with Crippen LogP contribution in [0, 0.1) is 0 Å². The van der Waals surface area contributed by atoms with Gasteiger partial charge in [0.25, 0.3) is 0 Å². The Labute approximate surface area is 109 Å². The molecule has 0 spiro atoms. The molecule has 0 fully saturated rings. The highest BCUT2D eigenvalue weighted by Crippen LogP contribution is 2.11. The molecule has 0 unspecified atom stereocenters. The Morgan fingerprint density at radius 3 is 2.79 bits per heavy atom. The average Bonchev–Trinajstić information content (AvgIpc) is 2.85. The lowest BCUT2D eigenvalue weighted by Crippen LogP contribution is -2.04. The van der Waals surface area contributed by atoms with Crippen LogP contribution >= 0.6 is 0 Å². The minimum atomic E-state index is -1.05. The van der Waals surface area contributed by atoms with E-state index in [0.29, 0.717) is 6.54 Å². The molecule has 1 heterocycles. The van der Waals surface area contributed by atoms with E-state index >= 15 is 0 Å². The monoisotopic (exact) mass is 260 g/mol. The number of carboxylic acids is 1. The van der Waals surface area contributed by atoms with E-state index in [9.17, 15) is 4.79 Å². The summed E-state index contributed by atoms with van der Waals surface area (Å²) in [5, 5.41) is 20.1. The second kappa shape index (κ2) is 5.76. The van der Waals surface area contributed by atoms with Crippen molar-refractivity contribution in [1.29, 1.82) is 0 Å². The maximum Gasteiger partial charge on any atom is 0.328 e. The van der Waals surface area contributed by atoms with Crippen LogP contribution in [0.3, 0.4) is 0 Å². The molecule has 0 aliphatic heterocycles. The molecule has 98 valence electrons. The van der Waals surface area contributed by atoms with E-state index in [2.05, 4.69) is 15.4 Å². The fourth-order valence-electron chi connectivity index (χ4n) is 1.43. The van der Waals surface area contributed by atoms with E-state index in [4.69, 9.17) is 9.84 Å². The Morgan fingerprint density at radius 1 is 1.42 bits per heavy atom. The molecule has 19 heavy (non-hydrogen) atoms. The van der Waals surface area contributed by atoms with Gasteiger partial charge in [-0.05, 0) is 29.0 Å². The van der Waals surface area contributed by atoms with E-state index in [1.165, 1.54) is 10.9 Å². The van der Waals surface area contributed by atoms with Gasteiger partial charge in [-0.25, -0.2) is 4.79 Å². The maximum absolute atomic E-state index is 10.3. The van der Waals surface area contributed by atoms with Crippen LogP contribution in [0.25, 0.3) is 6.08 Å². The summed E-state index contributed by atoms with van der Waals surface area (Å²) in [5.41, 5.74) is 0.993. The molecule has 1 aromatic heterocycles. The minimum absolute atomic E-state index is 0.260. The molecule has 0 saturated carbocycles. The van der Waals surface area contributed by atoms with E-state index in [1.807, 2.05) is 24.3 Å². The van der Waals surface area contributed by atoms with Crippen LogP contribution in [-0.2, 0) is 11.3 Å². The molecule has 0 atom stereocenters. The third-order valence-electron chi connectivity index (χ3n) is 2.33. The number of benzene rings is 1. The van der Waals surface area contributed by atoms with Crippen molar-refractivity contribution in [3.63, 3.8) is 0 Å². The number of carboxylic acid groups (broad SMARTS) is 1. The van der Waals surface area contributed by atoms with Gasteiger partial charge in [0.05, 0.1) is 13.7 Å². The smallest absolute Gasteiger partial charge is 0.328 e. The predicted molar refractivity (Wildman–Crippen MR) is 66.6 cm³/mol. The molecule has 0 radical (unpaired) electrons. The van der Waals surface area contributed by atoms with Gasteiger partial charge in [-0.1, -0.05) is 12.1 Å². The van der Waals surface area contributed by atoms with Crippen molar-refractivity contribution in [3.8, 4) is 5.75 Å². The largest absolute Gasteiger partial charge is 0.497 e. The molecule has 7 nitrogen and oxygen atoms in total. The molecule has 1 aromatic carbocycles. The zero-order valence-corrected chi connectivity index (χ0v) is 10.2. The Bertz CT molecular complexity index is 589. The summed E-state index contributed by atoms with van der Waals surface area (Å²) in [5.74, 6) is -0.0113. The summed E-state index contributed by atoms with van der Waals surface area (Å²) in [7, 11) is 1.61. The summed E-state index contributed by atoms with van der Waals surface area (Å²) in [6.07, 6.45) is 2.26. The predicted octanol–water partition coefficient (Wildman–Crippen LogP) is 0.828. The normalized spacial score (nSPS) is 10.8. The number of nitrogens with zero attached hydrogens (tertiary/aromatic N) is 4. The Kier molecular flexibility index (Phi) is 3.87. The van der Waals surface area contributed by atoms with Gasteiger partial charge < -0.3 is 9.84 Å². The zero-order valence-electron chi connectivity index (χ0n) is 10.2. The quantitative estimate of drug-likeness (QED) is 0.801. The molecule has 0 aliphatic carbocycles. The Hall–Kier alpha value is -2.70. The van der Waals surface area contributed by atoms with Gasteiger partial charge in [0.1, 0.15) is 5.75 Å². The van der Waals surface area contributed by atoms with Crippen LogP contribution in [0.5, 0.6) is 5.75 Å². The number of aliphatic carboxylic acids is 1. The number of rotatable bonds is 5. The third kappa shape index (κ3) is 3.63. The second-order valence-corrected chi connectivity index (χ2v) is 3.70. The molecule has 0 bridgehead atoms. The number of carbonyl (C=O) groups is 1. The highest BCUT2D eigenvalue weighted by atomic mass is 16.5. The molecular weight excluding hydrogens is 248 g/mol. The van der Waals surface area contributed by atoms with Crippen LogP contribution in [0.2, 0.25) is 0 Å². The lowest BCUT2D eigenvalue weighted by molar-refractivity contribution is -0.131. The van der Waals surface area contributed by atoms with E-state index < -0.39 is 5.97 Å². The lowest BCUT2D eigenvalue weighted by atomic mass is 10.2. The van der Waals surface area contributed by atoms with Crippen molar-refractivity contribution < 1.29 is 14.6 Å². The molecule has 2 rings (SSSR count). The van der Waals surface area contributed by atoms with Gasteiger partial charge in [0.15, 0.2) is 5.82 Å². The number of tetrazole rings is 1. The molecular formula is C12H12N4O3. The summed E-state index contributed by atoms with van der Waals surface area (Å²) < 4.78 is 5.06. The molecule has 0 amide bonds. The van der Waals surface area contributed by atoms with E-state index in [1.54, 1.807) is 7.11 Å². The molecule has 0 saturated heterocycles. The number of ether oxygens (including phenoxy) is 1.